The number of hydrogen-bond acceptors (Lipinski definition) is 3. The van der Waals surface area contributed by atoms with Crippen LogP contribution in [-0.4, -0.2) is 24.5 Å². The Morgan fingerprint density at radius 3 is 2.46 bits per heavy atom. The van der Waals surface area contributed by atoms with Crippen molar-refractivity contribution in [3.05, 3.63) is 59.4 Å². The van der Waals surface area contributed by atoms with E-state index in [0.717, 1.165) is 27.7 Å². The van der Waals surface area contributed by atoms with Crippen molar-refractivity contribution in [1.29, 1.82) is 0 Å². The number of benzene rings is 2. The van der Waals surface area contributed by atoms with Gasteiger partial charge in [0.25, 0.3) is 0 Å². The first kappa shape index (κ1) is 16.7. The molecule has 5 nitrogen and oxygen atoms in total. The Bertz CT molecular complexity index is 967. The first-order chi connectivity index (χ1) is 11.4. The first-order valence-corrected chi connectivity index (χ1v) is 9.34. The van der Waals surface area contributed by atoms with Crippen molar-refractivity contribution in [2.75, 3.05) is 6.54 Å². The predicted octanol–water partition coefficient (Wildman–Crippen LogP) is 2.94. The molecule has 0 bridgehead atoms. The Kier molecular flexibility index (Phi) is 4.43. The summed E-state index contributed by atoms with van der Waals surface area (Å²) >= 11 is 0. The fourth-order valence-corrected chi connectivity index (χ4v) is 4.62. The van der Waals surface area contributed by atoms with Gasteiger partial charge in [0.1, 0.15) is 0 Å². The van der Waals surface area contributed by atoms with Gasteiger partial charge < -0.3 is 4.57 Å². The number of rotatable bonds is 5. The fourth-order valence-electron chi connectivity index (χ4n) is 3.15. The van der Waals surface area contributed by atoms with Gasteiger partial charge in [-0.15, -0.1) is 0 Å². The second-order valence-electron chi connectivity index (χ2n) is 6.05. The van der Waals surface area contributed by atoms with Crippen LogP contribution in [-0.2, 0) is 16.6 Å². The molecule has 126 valence electrons. The normalized spacial score (nSPS) is 12.0. The minimum absolute atomic E-state index is 0.315. The third-order valence-electron chi connectivity index (χ3n) is 4.05. The van der Waals surface area contributed by atoms with E-state index >= 15 is 0 Å². The van der Waals surface area contributed by atoms with Crippen LogP contribution >= 0.6 is 0 Å². The van der Waals surface area contributed by atoms with E-state index in [2.05, 4.69) is 9.71 Å². The average Bonchev–Trinajstić information content (AvgIpc) is 2.89. The summed E-state index contributed by atoms with van der Waals surface area (Å²) in [7, 11) is -3.53. The second kappa shape index (κ2) is 6.37. The fraction of sp³-hybridized carbons (Fsp3) is 0.278. The molecule has 0 fully saturated rings. The molecule has 0 aliphatic rings. The van der Waals surface area contributed by atoms with Gasteiger partial charge in [0.2, 0.25) is 10.0 Å². The molecule has 2 aromatic carbocycles. The quantitative estimate of drug-likeness (QED) is 0.775. The van der Waals surface area contributed by atoms with Crippen LogP contribution in [0.1, 0.15) is 16.7 Å². The van der Waals surface area contributed by atoms with E-state index in [1.165, 1.54) is 0 Å². The number of para-hydroxylation sites is 2. The summed E-state index contributed by atoms with van der Waals surface area (Å²) in [6.07, 6.45) is 1.74. The van der Waals surface area contributed by atoms with Gasteiger partial charge >= 0.3 is 0 Å². The standard InChI is InChI=1S/C18H21N3O2S/c1-13-10-14(2)18(15(3)11-13)24(22,23)20-8-9-21-12-19-16-6-4-5-7-17(16)21/h4-7,10-12,20H,8-9H2,1-3H3. The number of hydrogen-bond donors (Lipinski definition) is 1. The lowest BCUT2D eigenvalue weighted by Crippen LogP contribution is -2.28. The van der Waals surface area contributed by atoms with E-state index in [1.54, 1.807) is 6.33 Å². The summed E-state index contributed by atoms with van der Waals surface area (Å²) in [5, 5.41) is 0. The molecule has 3 rings (SSSR count). The number of nitrogens with one attached hydrogen (secondary N) is 1. The molecule has 0 amide bonds. The lowest BCUT2D eigenvalue weighted by atomic mass is 10.1. The summed E-state index contributed by atoms with van der Waals surface area (Å²) in [6, 6.07) is 11.6. The van der Waals surface area contributed by atoms with Gasteiger partial charge in [-0.05, 0) is 44.0 Å². The topological polar surface area (TPSA) is 64.0 Å². The van der Waals surface area contributed by atoms with Gasteiger partial charge in [0, 0.05) is 13.1 Å². The number of aryl methyl sites for hydroxylation is 3. The van der Waals surface area contributed by atoms with Crippen LogP contribution in [0.5, 0.6) is 0 Å². The van der Waals surface area contributed by atoms with Crippen molar-refractivity contribution in [3.8, 4) is 0 Å². The van der Waals surface area contributed by atoms with E-state index in [0.29, 0.717) is 18.0 Å². The van der Waals surface area contributed by atoms with Crippen molar-refractivity contribution in [1.82, 2.24) is 14.3 Å². The molecule has 0 spiro atoms. The molecule has 1 aromatic heterocycles. The molecule has 3 aromatic rings. The zero-order valence-electron chi connectivity index (χ0n) is 14.1. The molecule has 0 radical (unpaired) electrons. The van der Waals surface area contributed by atoms with E-state index in [-0.39, 0.29) is 0 Å². The maximum atomic E-state index is 12.6. The maximum absolute atomic E-state index is 12.6. The molecule has 0 saturated carbocycles. The molecule has 1 heterocycles. The molecule has 6 heteroatoms. The molecule has 0 atom stereocenters. The number of nitrogens with zero attached hydrogens (tertiary/aromatic N) is 2. The van der Waals surface area contributed by atoms with Crippen molar-refractivity contribution in [3.63, 3.8) is 0 Å². The highest BCUT2D eigenvalue weighted by atomic mass is 32.2. The minimum Gasteiger partial charge on any atom is -0.329 e. The van der Waals surface area contributed by atoms with Crippen LogP contribution in [0.3, 0.4) is 0 Å². The van der Waals surface area contributed by atoms with Crippen molar-refractivity contribution < 1.29 is 8.42 Å². The summed E-state index contributed by atoms with van der Waals surface area (Å²) < 4.78 is 29.9. The van der Waals surface area contributed by atoms with Crippen molar-refractivity contribution in [2.45, 2.75) is 32.2 Å². The van der Waals surface area contributed by atoms with Gasteiger partial charge in [-0.1, -0.05) is 29.8 Å². The summed E-state index contributed by atoms with van der Waals surface area (Å²) in [6.45, 7) is 6.48. The predicted molar refractivity (Wildman–Crippen MR) is 95.6 cm³/mol. The summed E-state index contributed by atoms with van der Waals surface area (Å²) in [4.78, 5) is 4.69. The summed E-state index contributed by atoms with van der Waals surface area (Å²) in [5.41, 5.74) is 4.51. The van der Waals surface area contributed by atoms with Crippen LogP contribution in [0.4, 0.5) is 0 Å². The number of aromatic nitrogens is 2. The maximum Gasteiger partial charge on any atom is 0.241 e. The Morgan fingerprint density at radius 2 is 1.75 bits per heavy atom. The zero-order chi connectivity index (χ0) is 17.3. The van der Waals surface area contributed by atoms with E-state index < -0.39 is 10.0 Å². The number of imidazole rings is 1. The molecule has 0 aliphatic carbocycles. The van der Waals surface area contributed by atoms with Crippen molar-refractivity contribution in [2.24, 2.45) is 0 Å². The smallest absolute Gasteiger partial charge is 0.241 e. The van der Waals surface area contributed by atoms with Crippen LogP contribution in [0, 0.1) is 20.8 Å². The second-order valence-corrected chi connectivity index (χ2v) is 7.76. The highest BCUT2D eigenvalue weighted by Gasteiger charge is 2.19. The van der Waals surface area contributed by atoms with Crippen LogP contribution in [0.25, 0.3) is 11.0 Å². The minimum atomic E-state index is -3.53. The Labute approximate surface area is 142 Å². The third kappa shape index (κ3) is 3.20. The Morgan fingerprint density at radius 1 is 1.08 bits per heavy atom. The molecule has 1 N–H and O–H groups in total. The van der Waals surface area contributed by atoms with E-state index in [1.807, 2.05) is 61.7 Å². The SMILES string of the molecule is Cc1cc(C)c(S(=O)(=O)NCCn2cnc3ccccc32)c(C)c1. The first-order valence-electron chi connectivity index (χ1n) is 7.86. The van der Waals surface area contributed by atoms with E-state index in [9.17, 15) is 8.42 Å². The Balaban J connectivity index is 1.77. The molecular weight excluding hydrogens is 322 g/mol. The molecule has 24 heavy (non-hydrogen) atoms. The lowest BCUT2D eigenvalue weighted by Gasteiger charge is -2.13. The monoisotopic (exact) mass is 343 g/mol. The van der Waals surface area contributed by atoms with Gasteiger partial charge in [-0.2, -0.15) is 0 Å². The summed E-state index contributed by atoms with van der Waals surface area (Å²) in [5.74, 6) is 0. The van der Waals surface area contributed by atoms with Gasteiger partial charge in [-0.3, -0.25) is 0 Å². The highest BCUT2D eigenvalue weighted by molar-refractivity contribution is 7.89. The van der Waals surface area contributed by atoms with Crippen LogP contribution < -0.4 is 4.72 Å². The van der Waals surface area contributed by atoms with Crippen molar-refractivity contribution >= 4 is 21.1 Å². The Hall–Kier alpha value is -2.18. The largest absolute Gasteiger partial charge is 0.329 e. The molecule has 0 unspecified atom stereocenters. The van der Waals surface area contributed by atoms with Crippen LogP contribution in [0.2, 0.25) is 0 Å². The zero-order valence-corrected chi connectivity index (χ0v) is 14.9. The molecule has 0 saturated heterocycles. The lowest BCUT2D eigenvalue weighted by molar-refractivity contribution is 0.573. The van der Waals surface area contributed by atoms with Gasteiger partial charge in [0.15, 0.2) is 0 Å². The highest BCUT2D eigenvalue weighted by Crippen LogP contribution is 2.21. The van der Waals surface area contributed by atoms with Crippen LogP contribution in [0.15, 0.2) is 47.6 Å². The molecular formula is C18H21N3O2S. The van der Waals surface area contributed by atoms with E-state index in [4.69, 9.17) is 0 Å². The molecule has 0 aliphatic heterocycles. The number of sulfonamides is 1. The number of fused-ring (bicyclic) bond motifs is 1. The van der Waals surface area contributed by atoms with Gasteiger partial charge in [0.05, 0.1) is 22.3 Å². The van der Waals surface area contributed by atoms with Gasteiger partial charge in [-0.25, -0.2) is 18.1 Å². The third-order valence-corrected chi connectivity index (χ3v) is 5.81. The average molecular weight is 343 g/mol.